The summed E-state index contributed by atoms with van der Waals surface area (Å²) in [5.41, 5.74) is 0. The number of aliphatic hydroxyl groups excluding tert-OH is 1. The second-order valence-electron chi connectivity index (χ2n) is 4.25. The fourth-order valence-electron chi connectivity index (χ4n) is 1.97. The molecule has 19 heavy (non-hydrogen) atoms. The highest BCUT2D eigenvalue weighted by Gasteiger charge is 2.17. The van der Waals surface area contributed by atoms with Crippen molar-refractivity contribution < 1.29 is 9.84 Å². The highest BCUT2D eigenvalue weighted by Crippen LogP contribution is 2.15. The minimum absolute atomic E-state index is 0.0311. The maximum atomic E-state index is 8.72. The van der Waals surface area contributed by atoms with Gasteiger partial charge in [0.05, 0.1) is 25.5 Å². The monoisotopic (exact) mass is 262 g/mol. The Morgan fingerprint density at radius 2 is 2.11 bits per heavy atom. The molecule has 2 heterocycles. The van der Waals surface area contributed by atoms with E-state index in [0.717, 1.165) is 32.0 Å². The van der Waals surface area contributed by atoms with Crippen LogP contribution in [0.5, 0.6) is 5.88 Å². The summed E-state index contributed by atoms with van der Waals surface area (Å²) >= 11 is 0. The minimum atomic E-state index is -0.0311. The molecule has 0 saturated carbocycles. The molecule has 1 aromatic heterocycles. The highest BCUT2D eigenvalue weighted by atomic mass is 16.5. The number of hydrogen-bond donors (Lipinski definition) is 1. The lowest BCUT2D eigenvalue weighted by atomic mass is 10.3. The first-order chi connectivity index (χ1) is 9.33. The SMILES string of the molecule is C#CCN1CCN(c2cncc(OCCO)n2)CC1. The lowest BCUT2D eigenvalue weighted by molar-refractivity contribution is 0.196. The van der Waals surface area contributed by atoms with Gasteiger partial charge in [0.1, 0.15) is 6.61 Å². The zero-order chi connectivity index (χ0) is 13.5. The molecular weight excluding hydrogens is 244 g/mol. The van der Waals surface area contributed by atoms with Gasteiger partial charge in [0.2, 0.25) is 5.88 Å². The molecule has 1 N–H and O–H groups in total. The van der Waals surface area contributed by atoms with Crippen LogP contribution in [-0.4, -0.2) is 65.9 Å². The van der Waals surface area contributed by atoms with Gasteiger partial charge in [-0.25, -0.2) is 0 Å². The van der Waals surface area contributed by atoms with E-state index in [1.165, 1.54) is 0 Å². The van der Waals surface area contributed by atoms with Crippen molar-refractivity contribution in [1.29, 1.82) is 0 Å². The van der Waals surface area contributed by atoms with E-state index in [-0.39, 0.29) is 13.2 Å². The lowest BCUT2D eigenvalue weighted by Gasteiger charge is -2.34. The number of piperazine rings is 1. The quantitative estimate of drug-likeness (QED) is 0.729. The molecule has 6 nitrogen and oxygen atoms in total. The number of nitrogens with zero attached hydrogens (tertiary/aromatic N) is 4. The molecular formula is C13H18N4O2. The van der Waals surface area contributed by atoms with E-state index in [1.807, 2.05) is 0 Å². The molecule has 0 amide bonds. The molecule has 1 saturated heterocycles. The van der Waals surface area contributed by atoms with E-state index >= 15 is 0 Å². The van der Waals surface area contributed by atoms with Gasteiger partial charge in [0.15, 0.2) is 5.82 Å². The lowest BCUT2D eigenvalue weighted by Crippen LogP contribution is -2.46. The summed E-state index contributed by atoms with van der Waals surface area (Å²) in [6.07, 6.45) is 8.58. The summed E-state index contributed by atoms with van der Waals surface area (Å²) in [6, 6.07) is 0. The second kappa shape index (κ2) is 6.92. The van der Waals surface area contributed by atoms with E-state index < -0.39 is 0 Å². The van der Waals surface area contributed by atoms with Crippen LogP contribution in [0, 0.1) is 12.3 Å². The number of rotatable bonds is 5. The van der Waals surface area contributed by atoms with Crippen LogP contribution in [0.15, 0.2) is 12.4 Å². The Labute approximate surface area is 113 Å². The van der Waals surface area contributed by atoms with Crippen molar-refractivity contribution in [1.82, 2.24) is 14.9 Å². The van der Waals surface area contributed by atoms with Crippen LogP contribution in [0.1, 0.15) is 0 Å². The number of ether oxygens (including phenoxy) is 1. The summed E-state index contributed by atoms with van der Waals surface area (Å²) in [5, 5.41) is 8.72. The van der Waals surface area contributed by atoms with Crippen LogP contribution in [0.25, 0.3) is 0 Å². The Hall–Kier alpha value is -1.84. The number of aliphatic hydroxyl groups is 1. The van der Waals surface area contributed by atoms with Crippen molar-refractivity contribution in [3.63, 3.8) is 0 Å². The number of hydrogen-bond acceptors (Lipinski definition) is 6. The van der Waals surface area contributed by atoms with Crippen LogP contribution >= 0.6 is 0 Å². The first-order valence-corrected chi connectivity index (χ1v) is 6.30. The van der Waals surface area contributed by atoms with E-state index in [1.54, 1.807) is 12.4 Å². The van der Waals surface area contributed by atoms with E-state index in [9.17, 15) is 0 Å². The molecule has 1 aliphatic heterocycles. The molecule has 0 bridgehead atoms. The van der Waals surface area contributed by atoms with Crippen molar-refractivity contribution in [3.8, 4) is 18.2 Å². The van der Waals surface area contributed by atoms with Gasteiger partial charge < -0.3 is 14.7 Å². The third-order valence-electron chi connectivity index (χ3n) is 2.95. The minimum Gasteiger partial charge on any atom is -0.474 e. The van der Waals surface area contributed by atoms with Crippen LogP contribution in [0.2, 0.25) is 0 Å². The molecule has 0 spiro atoms. The standard InChI is InChI=1S/C13H18N4O2/c1-2-3-16-4-6-17(7-5-16)12-10-14-11-13(15-12)19-9-8-18/h1,10-11,18H,3-9H2. The van der Waals surface area contributed by atoms with Crippen LogP contribution in [0.4, 0.5) is 5.82 Å². The third-order valence-corrected chi connectivity index (χ3v) is 2.95. The average Bonchev–Trinajstić information content (AvgIpc) is 2.46. The van der Waals surface area contributed by atoms with Gasteiger partial charge in [-0.2, -0.15) is 4.98 Å². The Balaban J connectivity index is 1.93. The fraction of sp³-hybridized carbons (Fsp3) is 0.538. The maximum Gasteiger partial charge on any atom is 0.234 e. The molecule has 0 unspecified atom stereocenters. The van der Waals surface area contributed by atoms with Crippen molar-refractivity contribution in [2.75, 3.05) is 50.8 Å². The number of terminal acetylenes is 1. The molecule has 1 aliphatic rings. The maximum absolute atomic E-state index is 8.72. The summed E-state index contributed by atoms with van der Waals surface area (Å²) in [4.78, 5) is 12.9. The molecule has 1 fully saturated rings. The second-order valence-corrected chi connectivity index (χ2v) is 4.25. The smallest absolute Gasteiger partial charge is 0.234 e. The van der Waals surface area contributed by atoms with E-state index in [0.29, 0.717) is 12.4 Å². The first kappa shape index (κ1) is 13.6. The zero-order valence-electron chi connectivity index (χ0n) is 10.8. The molecule has 1 aromatic rings. The topological polar surface area (TPSA) is 61.7 Å². The van der Waals surface area contributed by atoms with Crippen molar-refractivity contribution >= 4 is 5.82 Å². The Morgan fingerprint density at radius 1 is 1.32 bits per heavy atom. The average molecular weight is 262 g/mol. The molecule has 0 atom stereocenters. The molecule has 2 rings (SSSR count). The summed E-state index contributed by atoms with van der Waals surface area (Å²) in [5.74, 6) is 3.90. The highest BCUT2D eigenvalue weighted by molar-refractivity contribution is 5.38. The van der Waals surface area contributed by atoms with E-state index in [2.05, 4.69) is 25.7 Å². The van der Waals surface area contributed by atoms with Gasteiger partial charge in [-0.1, -0.05) is 5.92 Å². The van der Waals surface area contributed by atoms with Gasteiger partial charge in [-0.3, -0.25) is 9.88 Å². The summed E-state index contributed by atoms with van der Waals surface area (Å²) in [7, 11) is 0. The molecule has 102 valence electrons. The predicted octanol–water partition coefficient (Wildman–Crippen LogP) is -0.397. The van der Waals surface area contributed by atoms with Crippen LogP contribution in [-0.2, 0) is 0 Å². The largest absolute Gasteiger partial charge is 0.474 e. The predicted molar refractivity (Wildman–Crippen MR) is 72.1 cm³/mol. The normalized spacial score (nSPS) is 16.1. The van der Waals surface area contributed by atoms with Crippen molar-refractivity contribution in [2.45, 2.75) is 0 Å². The first-order valence-electron chi connectivity index (χ1n) is 6.30. The number of anilines is 1. The molecule has 0 aromatic carbocycles. The fourth-order valence-corrected chi connectivity index (χ4v) is 1.97. The molecule has 6 heteroatoms. The van der Waals surface area contributed by atoms with E-state index in [4.69, 9.17) is 16.3 Å². The van der Waals surface area contributed by atoms with Crippen LogP contribution < -0.4 is 9.64 Å². The molecule has 0 radical (unpaired) electrons. The molecule has 0 aliphatic carbocycles. The summed E-state index contributed by atoms with van der Waals surface area (Å²) in [6.45, 7) is 4.49. The van der Waals surface area contributed by atoms with Crippen molar-refractivity contribution in [3.05, 3.63) is 12.4 Å². The van der Waals surface area contributed by atoms with Gasteiger partial charge in [0.25, 0.3) is 0 Å². The van der Waals surface area contributed by atoms with Gasteiger partial charge in [0, 0.05) is 26.2 Å². The van der Waals surface area contributed by atoms with Gasteiger partial charge >= 0.3 is 0 Å². The Kier molecular flexibility index (Phi) is 4.95. The zero-order valence-corrected chi connectivity index (χ0v) is 10.8. The van der Waals surface area contributed by atoms with Crippen LogP contribution in [0.3, 0.4) is 0 Å². The van der Waals surface area contributed by atoms with Gasteiger partial charge in [-0.15, -0.1) is 6.42 Å². The Morgan fingerprint density at radius 3 is 2.79 bits per heavy atom. The Bertz CT molecular complexity index is 439. The number of aromatic nitrogens is 2. The van der Waals surface area contributed by atoms with Crippen molar-refractivity contribution in [2.24, 2.45) is 0 Å². The third kappa shape index (κ3) is 3.81. The summed E-state index contributed by atoms with van der Waals surface area (Å²) < 4.78 is 5.26. The van der Waals surface area contributed by atoms with Gasteiger partial charge in [-0.05, 0) is 0 Å².